The lowest BCUT2D eigenvalue weighted by Gasteiger charge is -2.19. The molecule has 2 aromatic rings. The zero-order valence-corrected chi connectivity index (χ0v) is 13.9. The summed E-state index contributed by atoms with van der Waals surface area (Å²) in [5.74, 6) is -0.278. The van der Waals surface area contributed by atoms with E-state index in [0.717, 1.165) is 11.1 Å². The molecule has 1 atom stereocenters. The molecule has 1 nitrogen and oxygen atoms in total. The van der Waals surface area contributed by atoms with Crippen molar-refractivity contribution in [2.24, 2.45) is 0 Å². The second-order valence-corrected chi connectivity index (χ2v) is 6.18. The molecule has 0 saturated carbocycles. The van der Waals surface area contributed by atoms with Crippen LogP contribution < -0.4 is 5.32 Å². The molecule has 0 fully saturated rings. The van der Waals surface area contributed by atoms with Gasteiger partial charge >= 0.3 is 0 Å². The van der Waals surface area contributed by atoms with Crippen LogP contribution in [0.25, 0.3) is 0 Å². The molecule has 5 heteroatoms. The topological polar surface area (TPSA) is 12.0 Å². The van der Waals surface area contributed by atoms with E-state index in [0.29, 0.717) is 20.9 Å². The SMILES string of the molecule is CNC(Cc1c(Cl)cccc1Cl)c1cc(F)cc(Br)c1. The van der Waals surface area contributed by atoms with Crippen molar-refractivity contribution >= 4 is 39.1 Å². The highest BCUT2D eigenvalue weighted by Crippen LogP contribution is 2.30. The monoisotopic (exact) mass is 375 g/mol. The van der Waals surface area contributed by atoms with Crippen LogP contribution in [0.3, 0.4) is 0 Å². The highest BCUT2D eigenvalue weighted by Gasteiger charge is 2.15. The molecule has 1 N–H and O–H groups in total. The van der Waals surface area contributed by atoms with E-state index < -0.39 is 0 Å². The van der Waals surface area contributed by atoms with Gasteiger partial charge in [-0.3, -0.25) is 0 Å². The molecule has 0 aromatic heterocycles. The quantitative estimate of drug-likeness (QED) is 0.753. The summed E-state index contributed by atoms with van der Waals surface area (Å²) >= 11 is 15.7. The van der Waals surface area contributed by atoms with Gasteiger partial charge < -0.3 is 5.32 Å². The van der Waals surface area contributed by atoms with Gasteiger partial charge in [0.15, 0.2) is 0 Å². The van der Waals surface area contributed by atoms with E-state index in [1.54, 1.807) is 18.2 Å². The number of nitrogens with one attached hydrogen (secondary N) is 1. The van der Waals surface area contributed by atoms with E-state index in [-0.39, 0.29) is 11.9 Å². The third-order valence-electron chi connectivity index (χ3n) is 3.11. The molecular weight excluding hydrogens is 364 g/mol. The highest BCUT2D eigenvalue weighted by molar-refractivity contribution is 9.10. The Morgan fingerprint density at radius 2 is 1.85 bits per heavy atom. The van der Waals surface area contributed by atoms with Gasteiger partial charge in [-0.1, -0.05) is 45.2 Å². The highest BCUT2D eigenvalue weighted by atomic mass is 79.9. The first-order chi connectivity index (χ1) is 9.51. The summed E-state index contributed by atoms with van der Waals surface area (Å²) in [5, 5.41) is 4.41. The second kappa shape index (κ2) is 6.90. The average Bonchev–Trinajstić information content (AvgIpc) is 2.37. The lowest BCUT2D eigenvalue weighted by atomic mass is 9.99. The van der Waals surface area contributed by atoms with Gasteiger partial charge in [-0.2, -0.15) is 0 Å². The fourth-order valence-electron chi connectivity index (χ4n) is 2.09. The second-order valence-electron chi connectivity index (χ2n) is 4.45. The maximum Gasteiger partial charge on any atom is 0.124 e. The summed E-state index contributed by atoms with van der Waals surface area (Å²) in [6.45, 7) is 0. The summed E-state index contributed by atoms with van der Waals surface area (Å²) in [5.41, 5.74) is 1.70. The largest absolute Gasteiger partial charge is 0.313 e. The van der Waals surface area contributed by atoms with Crippen molar-refractivity contribution in [1.82, 2.24) is 5.32 Å². The zero-order chi connectivity index (χ0) is 14.7. The Hall–Kier alpha value is -0.610. The Morgan fingerprint density at radius 3 is 2.40 bits per heavy atom. The molecule has 0 bridgehead atoms. The van der Waals surface area contributed by atoms with Crippen LogP contribution in [-0.4, -0.2) is 7.05 Å². The van der Waals surface area contributed by atoms with Gasteiger partial charge in [-0.15, -0.1) is 0 Å². The molecule has 0 spiro atoms. The van der Waals surface area contributed by atoms with Crippen LogP contribution in [0.5, 0.6) is 0 Å². The fourth-order valence-corrected chi connectivity index (χ4v) is 3.13. The molecule has 0 amide bonds. The van der Waals surface area contributed by atoms with E-state index in [1.807, 2.05) is 13.1 Å². The van der Waals surface area contributed by atoms with Gasteiger partial charge in [0, 0.05) is 20.6 Å². The molecule has 2 aromatic carbocycles. The first-order valence-electron chi connectivity index (χ1n) is 6.07. The van der Waals surface area contributed by atoms with Crippen molar-refractivity contribution in [3.05, 3.63) is 67.9 Å². The van der Waals surface area contributed by atoms with E-state index in [2.05, 4.69) is 21.2 Å². The van der Waals surface area contributed by atoms with Crippen LogP contribution in [-0.2, 0) is 6.42 Å². The van der Waals surface area contributed by atoms with E-state index in [4.69, 9.17) is 23.2 Å². The third-order valence-corrected chi connectivity index (χ3v) is 4.27. The minimum Gasteiger partial charge on any atom is -0.313 e. The smallest absolute Gasteiger partial charge is 0.124 e. The number of rotatable bonds is 4. The Labute approximate surface area is 136 Å². The van der Waals surface area contributed by atoms with E-state index >= 15 is 0 Å². The molecule has 0 radical (unpaired) electrons. The Bertz CT molecular complexity index is 578. The summed E-state index contributed by atoms with van der Waals surface area (Å²) in [6, 6.07) is 10.2. The standard InChI is InChI=1S/C15H13BrCl2FN/c1-20-15(9-5-10(16)7-11(19)6-9)8-12-13(17)3-2-4-14(12)18/h2-7,15,20H,8H2,1H3. The van der Waals surface area contributed by atoms with Crippen molar-refractivity contribution in [1.29, 1.82) is 0 Å². The van der Waals surface area contributed by atoms with Crippen molar-refractivity contribution in [3.8, 4) is 0 Å². The minimum atomic E-state index is -0.278. The van der Waals surface area contributed by atoms with Crippen molar-refractivity contribution in [3.63, 3.8) is 0 Å². The zero-order valence-electron chi connectivity index (χ0n) is 10.8. The minimum absolute atomic E-state index is 0.0700. The maximum absolute atomic E-state index is 13.5. The molecule has 0 aliphatic carbocycles. The summed E-state index contributed by atoms with van der Waals surface area (Å²) < 4.78 is 14.2. The molecule has 2 rings (SSSR count). The van der Waals surface area contributed by atoms with Gasteiger partial charge in [0.1, 0.15) is 5.82 Å². The first-order valence-corrected chi connectivity index (χ1v) is 7.62. The number of benzene rings is 2. The Morgan fingerprint density at radius 1 is 1.20 bits per heavy atom. The van der Waals surface area contributed by atoms with E-state index in [9.17, 15) is 4.39 Å². The molecule has 0 aliphatic heterocycles. The molecular formula is C15H13BrCl2FN. The summed E-state index contributed by atoms with van der Waals surface area (Å²) in [7, 11) is 1.83. The maximum atomic E-state index is 13.5. The molecule has 1 unspecified atom stereocenters. The number of likely N-dealkylation sites (N-methyl/N-ethyl adjacent to an activating group) is 1. The lowest BCUT2D eigenvalue weighted by molar-refractivity contribution is 0.577. The van der Waals surface area contributed by atoms with Crippen LogP contribution in [0.2, 0.25) is 10.0 Å². The Balaban J connectivity index is 2.33. The number of hydrogen-bond donors (Lipinski definition) is 1. The molecule has 0 aliphatic rings. The number of hydrogen-bond acceptors (Lipinski definition) is 1. The summed E-state index contributed by atoms with van der Waals surface area (Å²) in [4.78, 5) is 0. The predicted molar refractivity (Wildman–Crippen MR) is 86.1 cm³/mol. The van der Waals surface area contributed by atoms with Crippen LogP contribution in [0.1, 0.15) is 17.2 Å². The summed E-state index contributed by atoms with van der Waals surface area (Å²) in [6.07, 6.45) is 0.588. The van der Waals surface area contributed by atoms with Gasteiger partial charge in [-0.05, 0) is 54.9 Å². The van der Waals surface area contributed by atoms with Gasteiger partial charge in [0.25, 0.3) is 0 Å². The van der Waals surface area contributed by atoms with Gasteiger partial charge in [0.05, 0.1) is 0 Å². The van der Waals surface area contributed by atoms with Crippen LogP contribution in [0, 0.1) is 5.82 Å². The number of halogens is 4. The van der Waals surface area contributed by atoms with E-state index in [1.165, 1.54) is 12.1 Å². The van der Waals surface area contributed by atoms with Crippen LogP contribution in [0.15, 0.2) is 40.9 Å². The fraction of sp³-hybridized carbons (Fsp3) is 0.200. The van der Waals surface area contributed by atoms with Crippen LogP contribution in [0.4, 0.5) is 4.39 Å². The molecule has 0 saturated heterocycles. The van der Waals surface area contributed by atoms with Gasteiger partial charge in [-0.25, -0.2) is 4.39 Å². The lowest BCUT2D eigenvalue weighted by Crippen LogP contribution is -2.19. The van der Waals surface area contributed by atoms with Gasteiger partial charge in [0.2, 0.25) is 0 Å². The normalized spacial score (nSPS) is 12.4. The third kappa shape index (κ3) is 3.73. The first kappa shape index (κ1) is 15.8. The van der Waals surface area contributed by atoms with Crippen LogP contribution >= 0.6 is 39.1 Å². The molecule has 0 heterocycles. The molecule has 106 valence electrons. The Kier molecular flexibility index (Phi) is 5.44. The predicted octanol–water partition coefficient (Wildman–Crippen LogP) is 5.40. The molecule has 20 heavy (non-hydrogen) atoms. The van der Waals surface area contributed by atoms with Crippen molar-refractivity contribution in [2.75, 3.05) is 7.05 Å². The average molecular weight is 377 g/mol. The van der Waals surface area contributed by atoms with Crippen molar-refractivity contribution < 1.29 is 4.39 Å². The van der Waals surface area contributed by atoms with Crippen molar-refractivity contribution in [2.45, 2.75) is 12.5 Å².